The number of rotatable bonds is 5. The minimum Gasteiger partial charge on any atom is -0.354 e. The number of likely N-dealkylation sites (N-methyl/N-ethyl adjacent to an activating group) is 1. The van der Waals surface area contributed by atoms with Crippen LogP contribution in [0.2, 0.25) is 5.02 Å². The Bertz CT molecular complexity index is 1170. The van der Waals surface area contributed by atoms with Crippen LogP contribution in [0.1, 0.15) is 27.3 Å². The van der Waals surface area contributed by atoms with Crippen molar-refractivity contribution in [3.05, 3.63) is 71.0 Å². The summed E-state index contributed by atoms with van der Waals surface area (Å²) in [5.41, 5.74) is 0.133. The smallest absolute Gasteiger partial charge is 0.275 e. The third-order valence-corrected chi connectivity index (χ3v) is 5.58. The molecule has 2 N–H and O–H groups in total. The van der Waals surface area contributed by atoms with Gasteiger partial charge in [-0.1, -0.05) is 11.6 Å². The van der Waals surface area contributed by atoms with E-state index in [1.54, 1.807) is 12.3 Å². The fourth-order valence-corrected chi connectivity index (χ4v) is 3.62. The van der Waals surface area contributed by atoms with E-state index in [2.05, 4.69) is 42.4 Å². The fraction of sp³-hybridized carbons (Fsp3) is 0.261. The van der Waals surface area contributed by atoms with Crippen LogP contribution in [0.5, 0.6) is 0 Å². The third kappa shape index (κ3) is 5.83. The van der Waals surface area contributed by atoms with E-state index in [-0.39, 0.29) is 22.8 Å². The Balaban J connectivity index is 1.47. The third-order valence-electron chi connectivity index (χ3n) is 5.36. The van der Waals surface area contributed by atoms with Crippen LogP contribution in [0.15, 0.2) is 48.9 Å². The minimum absolute atomic E-state index is 0.0663. The molecule has 1 fully saturated rings. The van der Waals surface area contributed by atoms with E-state index in [0.29, 0.717) is 10.8 Å². The summed E-state index contributed by atoms with van der Waals surface area (Å²) in [6.07, 6.45) is 5.34. The van der Waals surface area contributed by atoms with Crippen molar-refractivity contribution in [1.29, 1.82) is 0 Å². The first-order valence-electron chi connectivity index (χ1n) is 10.7. The van der Waals surface area contributed by atoms with E-state index in [0.717, 1.165) is 44.7 Å². The molecule has 0 spiro atoms. The topological polar surface area (TPSA) is 103 Å². The van der Waals surface area contributed by atoms with Gasteiger partial charge in [0.1, 0.15) is 23.1 Å². The molecule has 1 aromatic carbocycles. The van der Waals surface area contributed by atoms with Gasteiger partial charge in [0.05, 0.1) is 28.7 Å². The number of pyridine rings is 1. The highest BCUT2D eigenvalue weighted by atomic mass is 35.5. The molecule has 0 atom stereocenters. The van der Waals surface area contributed by atoms with Crippen molar-refractivity contribution < 1.29 is 14.0 Å². The first-order valence-corrected chi connectivity index (χ1v) is 11.1. The van der Waals surface area contributed by atoms with E-state index in [1.165, 1.54) is 24.5 Å². The zero-order valence-electron chi connectivity index (χ0n) is 18.5. The number of aromatic nitrogens is 3. The van der Waals surface area contributed by atoms with E-state index >= 15 is 0 Å². The number of hydrogen-bond donors (Lipinski definition) is 2. The lowest BCUT2D eigenvalue weighted by Gasteiger charge is -2.21. The molecule has 0 saturated carbocycles. The van der Waals surface area contributed by atoms with Gasteiger partial charge in [0.25, 0.3) is 11.8 Å². The van der Waals surface area contributed by atoms with Gasteiger partial charge in [-0.2, -0.15) is 0 Å². The molecule has 1 saturated heterocycles. The van der Waals surface area contributed by atoms with E-state index in [9.17, 15) is 14.0 Å². The molecule has 1 aliphatic heterocycles. The number of benzene rings is 1. The second-order valence-corrected chi connectivity index (χ2v) is 8.30. The van der Waals surface area contributed by atoms with Gasteiger partial charge in [-0.3, -0.25) is 9.59 Å². The molecule has 4 rings (SSSR count). The van der Waals surface area contributed by atoms with Crippen LogP contribution in [0.4, 0.5) is 21.7 Å². The normalized spacial score (nSPS) is 14.4. The molecule has 0 aliphatic carbocycles. The van der Waals surface area contributed by atoms with Crippen LogP contribution in [-0.2, 0) is 0 Å². The van der Waals surface area contributed by atoms with Crippen molar-refractivity contribution >= 4 is 40.7 Å². The Morgan fingerprint density at radius 1 is 0.941 bits per heavy atom. The van der Waals surface area contributed by atoms with Gasteiger partial charge in [-0.05, 0) is 50.3 Å². The van der Waals surface area contributed by atoms with Crippen LogP contribution in [-0.4, -0.2) is 64.9 Å². The summed E-state index contributed by atoms with van der Waals surface area (Å²) < 4.78 is 13.9. The molecule has 9 nitrogen and oxygen atoms in total. The summed E-state index contributed by atoms with van der Waals surface area (Å²) >= 11 is 5.81. The number of amides is 2. The van der Waals surface area contributed by atoms with Crippen LogP contribution >= 0.6 is 11.6 Å². The maximum Gasteiger partial charge on any atom is 0.275 e. The highest BCUT2D eigenvalue weighted by Crippen LogP contribution is 2.20. The second-order valence-electron chi connectivity index (χ2n) is 7.86. The number of nitrogens with one attached hydrogen (secondary N) is 2. The molecule has 34 heavy (non-hydrogen) atoms. The molecule has 1 aliphatic rings. The highest BCUT2D eigenvalue weighted by molar-refractivity contribution is 6.30. The number of anilines is 3. The minimum atomic E-state index is -0.641. The Hall–Kier alpha value is -3.63. The van der Waals surface area contributed by atoms with Crippen LogP contribution < -0.4 is 15.5 Å². The van der Waals surface area contributed by atoms with E-state index < -0.39 is 17.6 Å². The number of carbonyl (C=O) groups is 2. The standard InChI is InChI=1S/C23H23ClFN7O2/c1-31-7-2-8-32(10-9-31)21-14-26-19(13-28-21)23(34)29-18-5-4-16(25)11-17(18)22(33)30-20-6-3-15(24)12-27-20/h3-6,11-14H,2,7-10H2,1H3,(H,29,34)(H,27,30,33). The summed E-state index contributed by atoms with van der Waals surface area (Å²) in [5, 5.41) is 5.58. The van der Waals surface area contributed by atoms with Crippen molar-refractivity contribution in [3.8, 4) is 0 Å². The lowest BCUT2D eigenvalue weighted by atomic mass is 10.1. The van der Waals surface area contributed by atoms with Gasteiger partial charge in [-0.15, -0.1) is 0 Å². The number of halogens is 2. The van der Waals surface area contributed by atoms with E-state index in [1.807, 2.05) is 0 Å². The summed E-state index contributed by atoms with van der Waals surface area (Å²) in [6.45, 7) is 3.63. The van der Waals surface area contributed by atoms with Gasteiger partial charge in [0, 0.05) is 25.8 Å². The van der Waals surface area contributed by atoms with Crippen molar-refractivity contribution in [2.75, 3.05) is 48.8 Å². The highest BCUT2D eigenvalue weighted by Gasteiger charge is 2.18. The average molecular weight is 484 g/mol. The Labute approximate surface area is 201 Å². The summed E-state index contributed by atoms with van der Waals surface area (Å²) in [7, 11) is 2.08. The average Bonchev–Trinajstić information content (AvgIpc) is 3.06. The quantitative estimate of drug-likeness (QED) is 0.573. The van der Waals surface area contributed by atoms with E-state index in [4.69, 9.17) is 11.6 Å². The molecule has 11 heteroatoms. The maximum absolute atomic E-state index is 13.9. The Kier molecular flexibility index (Phi) is 7.29. The van der Waals surface area contributed by atoms with Crippen molar-refractivity contribution in [2.45, 2.75) is 6.42 Å². The largest absolute Gasteiger partial charge is 0.354 e. The summed E-state index contributed by atoms with van der Waals surface area (Å²) in [6, 6.07) is 6.57. The number of hydrogen-bond acceptors (Lipinski definition) is 7. The van der Waals surface area contributed by atoms with Gasteiger partial charge in [0.2, 0.25) is 0 Å². The summed E-state index contributed by atoms with van der Waals surface area (Å²) in [5.74, 6) is -0.905. The second kappa shape index (κ2) is 10.5. The first-order chi connectivity index (χ1) is 16.4. The molecular weight excluding hydrogens is 461 g/mol. The van der Waals surface area contributed by atoms with Crippen molar-refractivity contribution in [1.82, 2.24) is 19.9 Å². The van der Waals surface area contributed by atoms with Crippen LogP contribution in [0.25, 0.3) is 0 Å². The van der Waals surface area contributed by atoms with Crippen LogP contribution in [0.3, 0.4) is 0 Å². The lowest BCUT2D eigenvalue weighted by molar-refractivity contribution is 0.102. The van der Waals surface area contributed by atoms with Gasteiger partial charge in [-0.25, -0.2) is 19.3 Å². The fourth-order valence-electron chi connectivity index (χ4n) is 3.51. The summed E-state index contributed by atoms with van der Waals surface area (Å²) in [4.78, 5) is 42.5. The molecule has 2 aromatic heterocycles. The molecule has 0 radical (unpaired) electrons. The molecular formula is C23H23ClFN7O2. The Morgan fingerprint density at radius 3 is 2.53 bits per heavy atom. The maximum atomic E-state index is 13.9. The molecule has 0 unspecified atom stereocenters. The SMILES string of the molecule is CN1CCCN(c2cnc(C(=O)Nc3ccc(F)cc3C(=O)Nc3ccc(Cl)cn3)cn2)CC1. The van der Waals surface area contributed by atoms with Crippen molar-refractivity contribution in [2.24, 2.45) is 0 Å². The van der Waals surface area contributed by atoms with Crippen molar-refractivity contribution in [3.63, 3.8) is 0 Å². The number of carbonyl (C=O) groups excluding carboxylic acids is 2. The molecule has 0 bridgehead atoms. The van der Waals surface area contributed by atoms with Crippen LogP contribution in [0, 0.1) is 5.82 Å². The van der Waals surface area contributed by atoms with Gasteiger partial charge in [0.15, 0.2) is 0 Å². The monoisotopic (exact) mass is 483 g/mol. The zero-order chi connectivity index (χ0) is 24.1. The molecule has 2 amide bonds. The molecule has 3 aromatic rings. The van der Waals surface area contributed by atoms with Gasteiger partial charge < -0.3 is 20.4 Å². The first kappa shape index (κ1) is 23.5. The predicted octanol–water partition coefficient (Wildman–Crippen LogP) is 3.31. The Morgan fingerprint density at radius 2 is 1.79 bits per heavy atom. The zero-order valence-corrected chi connectivity index (χ0v) is 19.2. The molecule has 176 valence electrons. The number of nitrogens with zero attached hydrogens (tertiary/aromatic N) is 5. The molecule has 3 heterocycles. The predicted molar refractivity (Wildman–Crippen MR) is 128 cm³/mol. The lowest BCUT2D eigenvalue weighted by Crippen LogP contribution is -2.29. The van der Waals surface area contributed by atoms with Gasteiger partial charge >= 0.3 is 0 Å².